The molecule has 0 radical (unpaired) electrons. The molecule has 18 heavy (non-hydrogen) atoms. The van der Waals surface area contributed by atoms with Gasteiger partial charge in [-0.05, 0) is 17.9 Å². The highest BCUT2D eigenvalue weighted by Crippen LogP contribution is 2.25. The SMILES string of the molecule is O=C(O)CCc1csc2nc(-c3ccsc3)cn12. The van der Waals surface area contributed by atoms with E-state index < -0.39 is 5.97 Å². The van der Waals surface area contributed by atoms with Gasteiger partial charge in [-0.1, -0.05) is 0 Å². The summed E-state index contributed by atoms with van der Waals surface area (Å²) in [6, 6.07) is 2.04. The molecule has 0 saturated heterocycles. The molecule has 3 aromatic rings. The van der Waals surface area contributed by atoms with Gasteiger partial charge in [-0.25, -0.2) is 4.98 Å². The van der Waals surface area contributed by atoms with Crippen molar-refractivity contribution in [3.63, 3.8) is 0 Å². The zero-order chi connectivity index (χ0) is 12.5. The molecule has 0 aliphatic rings. The van der Waals surface area contributed by atoms with Crippen LogP contribution < -0.4 is 0 Å². The Labute approximate surface area is 111 Å². The molecule has 0 aliphatic carbocycles. The molecule has 0 aromatic carbocycles. The summed E-state index contributed by atoms with van der Waals surface area (Å²) in [6.45, 7) is 0. The largest absolute Gasteiger partial charge is 0.481 e. The molecule has 0 bridgehead atoms. The summed E-state index contributed by atoms with van der Waals surface area (Å²) in [5.41, 5.74) is 3.06. The molecule has 0 amide bonds. The molecule has 0 atom stereocenters. The fourth-order valence-corrected chi connectivity index (χ4v) is 3.35. The molecule has 1 N–H and O–H groups in total. The van der Waals surface area contributed by atoms with E-state index in [4.69, 9.17) is 5.11 Å². The van der Waals surface area contributed by atoms with Gasteiger partial charge in [0.25, 0.3) is 0 Å². The maximum atomic E-state index is 10.6. The van der Waals surface area contributed by atoms with Crippen molar-refractivity contribution in [2.45, 2.75) is 12.8 Å². The number of carboxylic acid groups (broad SMARTS) is 1. The van der Waals surface area contributed by atoms with E-state index >= 15 is 0 Å². The molecule has 92 valence electrons. The highest BCUT2D eigenvalue weighted by molar-refractivity contribution is 7.15. The van der Waals surface area contributed by atoms with Crippen molar-refractivity contribution >= 4 is 33.6 Å². The predicted molar refractivity (Wildman–Crippen MR) is 72.3 cm³/mol. The second-order valence-corrected chi connectivity index (χ2v) is 5.53. The van der Waals surface area contributed by atoms with E-state index in [0.29, 0.717) is 6.42 Å². The minimum atomic E-state index is -0.771. The van der Waals surface area contributed by atoms with Gasteiger partial charge in [-0.15, -0.1) is 11.3 Å². The quantitative estimate of drug-likeness (QED) is 0.797. The van der Waals surface area contributed by atoms with E-state index in [2.05, 4.69) is 10.4 Å². The molecular formula is C12H10N2O2S2. The molecule has 3 rings (SSSR count). The van der Waals surface area contributed by atoms with Gasteiger partial charge >= 0.3 is 5.97 Å². The van der Waals surface area contributed by atoms with Gasteiger partial charge in [0.05, 0.1) is 12.1 Å². The zero-order valence-electron chi connectivity index (χ0n) is 9.37. The number of aryl methyl sites for hydroxylation is 1. The van der Waals surface area contributed by atoms with Crippen molar-refractivity contribution in [2.75, 3.05) is 0 Å². The highest BCUT2D eigenvalue weighted by atomic mass is 32.1. The Morgan fingerprint density at radius 3 is 3.06 bits per heavy atom. The Bertz CT molecular complexity index is 682. The number of aliphatic carboxylic acids is 1. The number of imidazole rings is 1. The first-order valence-electron chi connectivity index (χ1n) is 5.44. The van der Waals surface area contributed by atoms with E-state index in [0.717, 1.165) is 21.9 Å². The minimum absolute atomic E-state index is 0.151. The van der Waals surface area contributed by atoms with E-state index in [1.165, 1.54) is 0 Å². The molecule has 3 aromatic heterocycles. The van der Waals surface area contributed by atoms with Crippen LogP contribution in [-0.4, -0.2) is 20.5 Å². The summed E-state index contributed by atoms with van der Waals surface area (Å²) < 4.78 is 1.99. The number of aromatic nitrogens is 2. The van der Waals surface area contributed by atoms with Crippen LogP contribution in [-0.2, 0) is 11.2 Å². The lowest BCUT2D eigenvalue weighted by molar-refractivity contribution is -0.136. The smallest absolute Gasteiger partial charge is 0.303 e. The molecule has 3 heterocycles. The number of thiazole rings is 1. The van der Waals surface area contributed by atoms with Gasteiger partial charge in [0.1, 0.15) is 0 Å². The van der Waals surface area contributed by atoms with Crippen molar-refractivity contribution in [3.8, 4) is 11.3 Å². The summed E-state index contributed by atoms with van der Waals surface area (Å²) in [5, 5.41) is 14.8. The third kappa shape index (κ3) is 2.04. The number of carbonyl (C=O) groups is 1. The molecule has 0 aliphatic heterocycles. The molecule has 0 fully saturated rings. The standard InChI is InChI=1S/C12H10N2O2S2/c15-11(16)2-1-9-7-18-12-13-10(5-14(9)12)8-3-4-17-6-8/h3-7H,1-2H2,(H,15,16). The fraction of sp³-hybridized carbons (Fsp3) is 0.167. The number of hydrogen-bond acceptors (Lipinski definition) is 4. The van der Waals surface area contributed by atoms with Gasteiger partial charge in [0.15, 0.2) is 4.96 Å². The molecule has 6 heteroatoms. The monoisotopic (exact) mass is 278 g/mol. The van der Waals surface area contributed by atoms with Crippen LogP contribution in [0, 0.1) is 0 Å². The Morgan fingerprint density at radius 1 is 1.44 bits per heavy atom. The lowest BCUT2D eigenvalue weighted by Gasteiger charge is -1.95. The molecule has 0 saturated carbocycles. The van der Waals surface area contributed by atoms with E-state index in [1.54, 1.807) is 22.7 Å². The first-order valence-corrected chi connectivity index (χ1v) is 7.26. The minimum Gasteiger partial charge on any atom is -0.481 e. The van der Waals surface area contributed by atoms with Crippen LogP contribution in [0.1, 0.15) is 12.1 Å². The fourth-order valence-electron chi connectivity index (χ4n) is 1.79. The summed E-state index contributed by atoms with van der Waals surface area (Å²) in [6.07, 6.45) is 2.66. The normalized spacial score (nSPS) is 11.1. The predicted octanol–water partition coefficient (Wildman–Crippen LogP) is 3.14. The molecule has 0 spiro atoms. The van der Waals surface area contributed by atoms with Crippen LogP contribution in [0.25, 0.3) is 16.2 Å². The van der Waals surface area contributed by atoms with Crippen LogP contribution in [0.5, 0.6) is 0 Å². The maximum Gasteiger partial charge on any atom is 0.303 e. The number of carboxylic acids is 1. The number of nitrogens with zero attached hydrogens (tertiary/aromatic N) is 2. The van der Waals surface area contributed by atoms with Gasteiger partial charge < -0.3 is 5.11 Å². The maximum absolute atomic E-state index is 10.6. The average Bonchev–Trinajstić information content (AvgIpc) is 3.02. The van der Waals surface area contributed by atoms with Crippen molar-refractivity contribution in [1.82, 2.24) is 9.38 Å². The average molecular weight is 278 g/mol. The van der Waals surface area contributed by atoms with Crippen LogP contribution in [0.4, 0.5) is 0 Å². The van der Waals surface area contributed by atoms with Gasteiger partial charge in [0, 0.05) is 28.2 Å². The topological polar surface area (TPSA) is 54.6 Å². The van der Waals surface area contributed by atoms with Crippen LogP contribution in [0.3, 0.4) is 0 Å². The van der Waals surface area contributed by atoms with Crippen LogP contribution >= 0.6 is 22.7 Å². The Kier molecular flexibility index (Phi) is 2.89. The second-order valence-electron chi connectivity index (χ2n) is 3.91. The van der Waals surface area contributed by atoms with Crippen molar-refractivity contribution in [3.05, 3.63) is 34.1 Å². The Morgan fingerprint density at radius 2 is 2.33 bits per heavy atom. The summed E-state index contributed by atoms with van der Waals surface area (Å²) in [4.78, 5) is 16.1. The van der Waals surface area contributed by atoms with Gasteiger partial charge in [0.2, 0.25) is 0 Å². The van der Waals surface area contributed by atoms with Crippen LogP contribution in [0.15, 0.2) is 28.4 Å². The van der Waals surface area contributed by atoms with E-state index in [-0.39, 0.29) is 6.42 Å². The number of thiophene rings is 1. The first kappa shape index (κ1) is 11.4. The Balaban J connectivity index is 1.95. The highest BCUT2D eigenvalue weighted by Gasteiger charge is 2.10. The first-order chi connectivity index (χ1) is 8.74. The van der Waals surface area contributed by atoms with Crippen LogP contribution in [0.2, 0.25) is 0 Å². The molecule has 4 nitrogen and oxygen atoms in total. The molecule has 0 unspecified atom stereocenters. The van der Waals surface area contributed by atoms with E-state index in [1.807, 2.05) is 27.4 Å². The number of rotatable bonds is 4. The summed E-state index contributed by atoms with van der Waals surface area (Å²) in [7, 11) is 0. The lowest BCUT2D eigenvalue weighted by atomic mass is 10.2. The lowest BCUT2D eigenvalue weighted by Crippen LogP contribution is -1.99. The summed E-state index contributed by atoms with van der Waals surface area (Å²) in [5.74, 6) is -0.771. The second kappa shape index (κ2) is 4.55. The zero-order valence-corrected chi connectivity index (χ0v) is 11.0. The van der Waals surface area contributed by atoms with Gasteiger partial charge in [-0.2, -0.15) is 11.3 Å². The van der Waals surface area contributed by atoms with Crippen molar-refractivity contribution in [1.29, 1.82) is 0 Å². The number of fused-ring (bicyclic) bond motifs is 1. The third-order valence-corrected chi connectivity index (χ3v) is 4.27. The molecular weight excluding hydrogens is 268 g/mol. The van der Waals surface area contributed by atoms with Crippen molar-refractivity contribution in [2.24, 2.45) is 0 Å². The summed E-state index contributed by atoms with van der Waals surface area (Å²) >= 11 is 3.19. The van der Waals surface area contributed by atoms with E-state index in [9.17, 15) is 4.79 Å². The third-order valence-electron chi connectivity index (χ3n) is 2.70. The van der Waals surface area contributed by atoms with Crippen molar-refractivity contribution < 1.29 is 9.90 Å². The van der Waals surface area contributed by atoms with Gasteiger partial charge in [-0.3, -0.25) is 9.20 Å². The number of hydrogen-bond donors (Lipinski definition) is 1. The Hall–Kier alpha value is -1.66.